The summed E-state index contributed by atoms with van der Waals surface area (Å²) < 4.78 is 38.8. The molecule has 18 heavy (non-hydrogen) atoms. The van der Waals surface area contributed by atoms with Gasteiger partial charge in [0.1, 0.15) is 0 Å². The molecule has 7 heteroatoms. The standard InChI is InChI=1S/C11H9F3N2O2/c1-16-8-3-2-6(5-9(17)18)4-7(8)15-10(16)11(12,13)14/h2-4H,5H2,1H3,(H,17,18). The Morgan fingerprint density at radius 3 is 2.67 bits per heavy atom. The van der Waals surface area contributed by atoms with E-state index < -0.39 is 18.0 Å². The highest BCUT2D eigenvalue weighted by molar-refractivity contribution is 5.79. The first-order chi connectivity index (χ1) is 8.29. The third kappa shape index (κ3) is 2.15. The summed E-state index contributed by atoms with van der Waals surface area (Å²) in [7, 11) is 1.27. The van der Waals surface area contributed by atoms with Crippen LogP contribution in [0.25, 0.3) is 11.0 Å². The number of rotatable bonds is 2. The third-order valence-corrected chi connectivity index (χ3v) is 2.55. The maximum atomic E-state index is 12.6. The van der Waals surface area contributed by atoms with Gasteiger partial charge in [0.25, 0.3) is 0 Å². The van der Waals surface area contributed by atoms with E-state index >= 15 is 0 Å². The molecule has 0 aliphatic rings. The third-order valence-electron chi connectivity index (χ3n) is 2.55. The Bertz CT molecular complexity index is 617. The van der Waals surface area contributed by atoms with Crippen LogP contribution in [-0.4, -0.2) is 20.6 Å². The molecule has 4 nitrogen and oxygen atoms in total. The van der Waals surface area contributed by atoms with Gasteiger partial charge in [0.05, 0.1) is 17.5 Å². The van der Waals surface area contributed by atoms with Gasteiger partial charge in [0.2, 0.25) is 5.82 Å². The van der Waals surface area contributed by atoms with Crippen molar-refractivity contribution in [3.8, 4) is 0 Å². The highest BCUT2D eigenvalue weighted by Crippen LogP contribution is 2.30. The minimum Gasteiger partial charge on any atom is -0.481 e. The van der Waals surface area contributed by atoms with E-state index in [1.54, 1.807) is 0 Å². The molecule has 0 radical (unpaired) electrons. The lowest BCUT2D eigenvalue weighted by Crippen LogP contribution is -2.12. The van der Waals surface area contributed by atoms with Crippen molar-refractivity contribution >= 4 is 17.0 Å². The molecule has 1 heterocycles. The number of alkyl halides is 3. The van der Waals surface area contributed by atoms with Crippen LogP contribution in [0.15, 0.2) is 18.2 Å². The lowest BCUT2D eigenvalue weighted by atomic mass is 10.1. The molecule has 0 aliphatic heterocycles. The van der Waals surface area contributed by atoms with E-state index in [0.717, 1.165) is 4.57 Å². The maximum Gasteiger partial charge on any atom is 0.449 e. The molecule has 1 aromatic heterocycles. The Balaban J connectivity index is 2.55. The van der Waals surface area contributed by atoms with E-state index in [2.05, 4.69) is 4.98 Å². The van der Waals surface area contributed by atoms with Gasteiger partial charge in [-0.3, -0.25) is 4.79 Å². The lowest BCUT2D eigenvalue weighted by Gasteiger charge is -2.05. The summed E-state index contributed by atoms with van der Waals surface area (Å²) in [5.74, 6) is -2.04. The van der Waals surface area contributed by atoms with Crippen LogP contribution in [-0.2, 0) is 24.4 Å². The van der Waals surface area contributed by atoms with Crippen molar-refractivity contribution in [3.05, 3.63) is 29.6 Å². The van der Waals surface area contributed by atoms with Gasteiger partial charge in [-0.1, -0.05) is 6.07 Å². The van der Waals surface area contributed by atoms with Crippen LogP contribution >= 0.6 is 0 Å². The number of carboxylic acids is 1. The summed E-state index contributed by atoms with van der Waals surface area (Å²) in [6.45, 7) is 0. The van der Waals surface area contributed by atoms with Crippen molar-refractivity contribution in [3.63, 3.8) is 0 Å². The van der Waals surface area contributed by atoms with Crippen LogP contribution in [0.3, 0.4) is 0 Å². The van der Waals surface area contributed by atoms with Gasteiger partial charge in [-0.2, -0.15) is 13.2 Å². The van der Waals surface area contributed by atoms with E-state index in [1.807, 2.05) is 0 Å². The minimum absolute atomic E-state index is 0.142. The highest BCUT2D eigenvalue weighted by atomic mass is 19.4. The van der Waals surface area contributed by atoms with Gasteiger partial charge < -0.3 is 9.67 Å². The van der Waals surface area contributed by atoms with Gasteiger partial charge in [-0.05, 0) is 17.7 Å². The first-order valence-electron chi connectivity index (χ1n) is 5.03. The Morgan fingerprint density at radius 1 is 1.44 bits per heavy atom. The van der Waals surface area contributed by atoms with Gasteiger partial charge >= 0.3 is 12.1 Å². The number of fused-ring (bicyclic) bond motifs is 1. The molecule has 0 bridgehead atoms. The maximum absolute atomic E-state index is 12.6. The molecule has 0 amide bonds. The zero-order chi connectivity index (χ0) is 13.5. The summed E-state index contributed by atoms with van der Waals surface area (Å²) >= 11 is 0. The Kier molecular flexibility index (Phi) is 2.76. The van der Waals surface area contributed by atoms with E-state index in [9.17, 15) is 18.0 Å². The molecule has 0 atom stereocenters. The smallest absolute Gasteiger partial charge is 0.449 e. The number of imidazole rings is 1. The lowest BCUT2D eigenvalue weighted by molar-refractivity contribution is -0.146. The molecule has 2 aromatic rings. The molecule has 0 spiro atoms. The Morgan fingerprint density at radius 2 is 2.11 bits per heavy atom. The Labute approximate surface area is 99.7 Å². The summed E-state index contributed by atoms with van der Waals surface area (Å²) in [5, 5.41) is 8.62. The fraction of sp³-hybridized carbons (Fsp3) is 0.273. The minimum atomic E-state index is -4.53. The average Bonchev–Trinajstić information content (AvgIpc) is 2.54. The number of nitrogens with zero attached hydrogens (tertiary/aromatic N) is 2. The summed E-state index contributed by atoms with van der Waals surface area (Å²) in [5.41, 5.74) is 0.877. The molecule has 0 aliphatic carbocycles. The fourth-order valence-corrected chi connectivity index (χ4v) is 1.78. The average molecular weight is 258 g/mol. The number of hydrogen-bond acceptors (Lipinski definition) is 2. The number of carbonyl (C=O) groups is 1. The predicted molar refractivity (Wildman–Crippen MR) is 57.1 cm³/mol. The van der Waals surface area contributed by atoms with Crippen molar-refractivity contribution < 1.29 is 23.1 Å². The highest BCUT2D eigenvalue weighted by Gasteiger charge is 2.36. The van der Waals surface area contributed by atoms with Crippen molar-refractivity contribution in [2.75, 3.05) is 0 Å². The fourth-order valence-electron chi connectivity index (χ4n) is 1.78. The molecule has 0 unspecified atom stereocenters. The van der Waals surface area contributed by atoms with Crippen LogP contribution in [0.5, 0.6) is 0 Å². The number of halogens is 3. The molecular weight excluding hydrogens is 249 g/mol. The van der Waals surface area contributed by atoms with Crippen LogP contribution in [0.1, 0.15) is 11.4 Å². The first-order valence-corrected chi connectivity index (χ1v) is 5.03. The van der Waals surface area contributed by atoms with Crippen LogP contribution in [0, 0.1) is 0 Å². The summed E-state index contributed by atoms with van der Waals surface area (Å²) in [6.07, 6.45) is -4.77. The van der Waals surface area contributed by atoms with Gasteiger partial charge in [-0.15, -0.1) is 0 Å². The van der Waals surface area contributed by atoms with Gasteiger partial charge in [0.15, 0.2) is 0 Å². The normalized spacial score (nSPS) is 12.0. The second kappa shape index (κ2) is 4.01. The molecule has 0 fully saturated rings. The summed E-state index contributed by atoms with van der Waals surface area (Å²) in [4.78, 5) is 14.0. The monoisotopic (exact) mass is 258 g/mol. The molecule has 0 saturated heterocycles. The largest absolute Gasteiger partial charge is 0.481 e. The molecule has 0 saturated carbocycles. The van der Waals surface area contributed by atoms with Crippen LogP contribution < -0.4 is 0 Å². The van der Waals surface area contributed by atoms with Crippen LogP contribution in [0.4, 0.5) is 13.2 Å². The van der Waals surface area contributed by atoms with E-state index in [-0.39, 0.29) is 11.9 Å². The number of aromatic nitrogens is 2. The van der Waals surface area contributed by atoms with Crippen molar-refractivity contribution in [2.24, 2.45) is 7.05 Å². The van der Waals surface area contributed by atoms with Crippen molar-refractivity contribution in [1.82, 2.24) is 9.55 Å². The quantitative estimate of drug-likeness (QED) is 0.898. The zero-order valence-corrected chi connectivity index (χ0v) is 9.32. The molecule has 1 aromatic carbocycles. The predicted octanol–water partition coefficient (Wildman–Crippen LogP) is 2.22. The molecule has 2 rings (SSSR count). The molecular formula is C11H9F3N2O2. The number of carboxylic acid groups (broad SMARTS) is 1. The molecule has 1 N–H and O–H groups in total. The topological polar surface area (TPSA) is 55.1 Å². The molecule has 96 valence electrons. The summed E-state index contributed by atoms with van der Waals surface area (Å²) in [6, 6.07) is 4.28. The van der Waals surface area contributed by atoms with Gasteiger partial charge in [-0.25, -0.2) is 4.98 Å². The van der Waals surface area contributed by atoms with Crippen molar-refractivity contribution in [1.29, 1.82) is 0 Å². The van der Waals surface area contributed by atoms with E-state index in [0.29, 0.717) is 11.1 Å². The first kappa shape index (κ1) is 12.4. The zero-order valence-electron chi connectivity index (χ0n) is 9.32. The SMILES string of the molecule is Cn1c(C(F)(F)F)nc2cc(CC(=O)O)ccc21. The number of hydrogen-bond donors (Lipinski definition) is 1. The number of aryl methyl sites for hydroxylation is 1. The second-order valence-corrected chi connectivity index (χ2v) is 3.89. The Hall–Kier alpha value is -2.05. The van der Waals surface area contributed by atoms with Crippen LogP contribution in [0.2, 0.25) is 0 Å². The van der Waals surface area contributed by atoms with E-state index in [4.69, 9.17) is 5.11 Å². The second-order valence-electron chi connectivity index (χ2n) is 3.89. The number of aliphatic carboxylic acids is 1. The number of benzene rings is 1. The van der Waals surface area contributed by atoms with Gasteiger partial charge in [0, 0.05) is 7.05 Å². The van der Waals surface area contributed by atoms with E-state index in [1.165, 1.54) is 25.2 Å². The van der Waals surface area contributed by atoms with Crippen molar-refractivity contribution in [2.45, 2.75) is 12.6 Å².